The van der Waals surface area contributed by atoms with Gasteiger partial charge in [-0.1, -0.05) is 78.9 Å². The van der Waals surface area contributed by atoms with E-state index in [4.69, 9.17) is 18.9 Å². The first-order valence-corrected chi connectivity index (χ1v) is 13.3. The lowest BCUT2D eigenvalue weighted by Crippen LogP contribution is -2.56. The lowest BCUT2D eigenvalue weighted by atomic mass is 9.71. The van der Waals surface area contributed by atoms with Crippen molar-refractivity contribution in [2.75, 3.05) is 12.0 Å². The number of rotatable bonds is 8. The fourth-order valence-corrected chi connectivity index (χ4v) is 5.93. The van der Waals surface area contributed by atoms with E-state index in [1.165, 1.54) is 4.90 Å². The van der Waals surface area contributed by atoms with Gasteiger partial charge >= 0.3 is 0 Å². The highest BCUT2D eigenvalue weighted by Gasteiger charge is 2.60. The number of carbonyl (C=O) groups excluding carboxylic acids is 2. The molecule has 3 aromatic carbocycles. The van der Waals surface area contributed by atoms with Gasteiger partial charge < -0.3 is 18.9 Å². The van der Waals surface area contributed by atoms with Crippen molar-refractivity contribution in [3.63, 3.8) is 0 Å². The van der Waals surface area contributed by atoms with E-state index in [0.717, 1.165) is 11.1 Å². The van der Waals surface area contributed by atoms with Crippen LogP contribution in [0.4, 0.5) is 5.69 Å². The SMILES string of the molecule is COC1OC2=CCC3C(=O)N(c4ccccc4)C(=O)C3C2C(OCc2ccccc2)C1OCc1ccccc1. The third-order valence-electron chi connectivity index (χ3n) is 7.78. The van der Waals surface area contributed by atoms with Gasteiger partial charge in [0.25, 0.3) is 0 Å². The number of ether oxygens (including phenoxy) is 4. The standard InChI is InChI=1S/C32H31NO6/c1-36-32-29(38-20-22-13-7-3-8-14-22)28(37-19-21-11-5-2-6-12-21)27-25(39-32)18-17-24-26(27)31(35)33(30(24)34)23-15-9-4-10-16-23/h2-16,18,24,26-29,32H,17,19-20H2,1H3. The Kier molecular flexibility index (Phi) is 7.28. The van der Waals surface area contributed by atoms with Crippen molar-refractivity contribution in [2.24, 2.45) is 17.8 Å². The Morgan fingerprint density at radius 2 is 1.31 bits per heavy atom. The molecule has 1 aliphatic carbocycles. The number of amides is 2. The fourth-order valence-electron chi connectivity index (χ4n) is 5.93. The zero-order valence-corrected chi connectivity index (χ0v) is 21.7. The van der Waals surface area contributed by atoms with Gasteiger partial charge in [-0.2, -0.15) is 0 Å². The zero-order valence-electron chi connectivity index (χ0n) is 21.7. The summed E-state index contributed by atoms with van der Waals surface area (Å²) in [5.41, 5.74) is 2.57. The molecule has 6 atom stereocenters. The van der Waals surface area contributed by atoms with Crippen LogP contribution in [0.5, 0.6) is 0 Å². The molecule has 39 heavy (non-hydrogen) atoms. The van der Waals surface area contributed by atoms with Gasteiger partial charge in [0.15, 0.2) is 0 Å². The van der Waals surface area contributed by atoms with E-state index in [-0.39, 0.29) is 11.8 Å². The molecule has 7 heteroatoms. The Labute approximate surface area is 227 Å². The summed E-state index contributed by atoms with van der Waals surface area (Å²) in [5, 5.41) is 0. The number of allylic oxidation sites excluding steroid dienone is 1. The fraction of sp³-hybridized carbons (Fsp3) is 0.312. The Morgan fingerprint density at radius 1 is 0.744 bits per heavy atom. The van der Waals surface area contributed by atoms with E-state index in [2.05, 4.69) is 0 Å². The number of carbonyl (C=O) groups is 2. The number of hydrogen-bond acceptors (Lipinski definition) is 6. The van der Waals surface area contributed by atoms with Gasteiger partial charge in [0.05, 0.1) is 36.7 Å². The van der Waals surface area contributed by atoms with E-state index >= 15 is 0 Å². The van der Waals surface area contributed by atoms with Gasteiger partial charge in [-0.25, -0.2) is 0 Å². The summed E-state index contributed by atoms with van der Waals surface area (Å²) in [6.07, 6.45) is 0.393. The molecule has 2 fully saturated rings. The molecule has 7 nitrogen and oxygen atoms in total. The minimum atomic E-state index is -0.731. The molecule has 2 saturated heterocycles. The van der Waals surface area contributed by atoms with Gasteiger partial charge in [0.2, 0.25) is 18.1 Å². The van der Waals surface area contributed by atoms with Crippen LogP contribution in [0.3, 0.4) is 0 Å². The first-order chi connectivity index (χ1) is 19.2. The average molecular weight is 526 g/mol. The quantitative estimate of drug-likeness (QED) is 0.391. The van der Waals surface area contributed by atoms with E-state index < -0.39 is 36.3 Å². The summed E-state index contributed by atoms with van der Waals surface area (Å²) in [4.78, 5) is 28.8. The molecule has 0 aromatic heterocycles. The van der Waals surface area contributed by atoms with Crippen molar-refractivity contribution in [2.45, 2.75) is 38.1 Å². The molecular formula is C32H31NO6. The molecule has 2 aliphatic heterocycles. The van der Waals surface area contributed by atoms with Crippen LogP contribution in [0, 0.1) is 17.8 Å². The van der Waals surface area contributed by atoms with Crippen LogP contribution in [-0.4, -0.2) is 37.4 Å². The highest BCUT2D eigenvalue weighted by Crippen LogP contribution is 2.49. The molecule has 3 aliphatic rings. The molecular weight excluding hydrogens is 494 g/mol. The topological polar surface area (TPSA) is 74.3 Å². The summed E-state index contributed by atoms with van der Waals surface area (Å²) in [7, 11) is 1.58. The molecule has 0 bridgehead atoms. The van der Waals surface area contributed by atoms with Crippen LogP contribution in [0.2, 0.25) is 0 Å². The minimum absolute atomic E-state index is 0.191. The predicted octanol–water partition coefficient (Wildman–Crippen LogP) is 4.87. The number of para-hydroxylation sites is 1. The normalized spacial score (nSPS) is 27.9. The van der Waals surface area contributed by atoms with Crippen molar-refractivity contribution < 1.29 is 28.5 Å². The summed E-state index contributed by atoms with van der Waals surface area (Å²) in [6.45, 7) is 0.641. The van der Waals surface area contributed by atoms with E-state index in [0.29, 0.717) is 31.1 Å². The summed E-state index contributed by atoms with van der Waals surface area (Å²) >= 11 is 0. The number of anilines is 1. The molecule has 6 unspecified atom stereocenters. The highest BCUT2D eigenvalue weighted by atomic mass is 16.7. The Balaban J connectivity index is 1.35. The highest BCUT2D eigenvalue weighted by molar-refractivity contribution is 6.22. The largest absolute Gasteiger partial charge is 0.466 e. The average Bonchev–Trinajstić information content (AvgIpc) is 3.25. The number of nitrogens with zero attached hydrogens (tertiary/aromatic N) is 1. The molecule has 2 heterocycles. The van der Waals surface area contributed by atoms with E-state index in [1.54, 1.807) is 19.2 Å². The second-order valence-corrected chi connectivity index (χ2v) is 10.1. The number of imide groups is 1. The number of benzene rings is 3. The maximum absolute atomic E-state index is 14.0. The maximum Gasteiger partial charge on any atom is 0.238 e. The molecule has 200 valence electrons. The predicted molar refractivity (Wildman–Crippen MR) is 144 cm³/mol. The molecule has 0 saturated carbocycles. The van der Waals surface area contributed by atoms with E-state index in [9.17, 15) is 9.59 Å². The van der Waals surface area contributed by atoms with Gasteiger partial charge in [0, 0.05) is 7.11 Å². The van der Waals surface area contributed by atoms with Crippen molar-refractivity contribution in [1.82, 2.24) is 0 Å². The first-order valence-electron chi connectivity index (χ1n) is 13.3. The van der Waals surface area contributed by atoms with Crippen molar-refractivity contribution >= 4 is 17.5 Å². The van der Waals surface area contributed by atoms with Crippen LogP contribution in [0.15, 0.2) is 103 Å². The monoisotopic (exact) mass is 525 g/mol. The molecule has 6 rings (SSSR count). The molecule has 0 spiro atoms. The van der Waals surface area contributed by atoms with Crippen molar-refractivity contribution in [3.8, 4) is 0 Å². The zero-order chi connectivity index (χ0) is 26.8. The second kappa shape index (κ2) is 11.1. The number of fused-ring (bicyclic) bond motifs is 3. The smallest absolute Gasteiger partial charge is 0.238 e. The summed E-state index contributed by atoms with van der Waals surface area (Å²) in [5.74, 6) is -1.42. The third-order valence-corrected chi connectivity index (χ3v) is 7.78. The molecule has 2 amide bonds. The lowest BCUT2D eigenvalue weighted by Gasteiger charge is -2.46. The van der Waals surface area contributed by atoms with Gasteiger partial charge in [-0.15, -0.1) is 0 Å². The summed E-state index contributed by atoms with van der Waals surface area (Å²) < 4.78 is 25.1. The van der Waals surface area contributed by atoms with Crippen LogP contribution < -0.4 is 4.90 Å². The number of methoxy groups -OCH3 is 1. The minimum Gasteiger partial charge on any atom is -0.466 e. The Bertz CT molecular complexity index is 1330. The van der Waals surface area contributed by atoms with Gasteiger partial charge in [0.1, 0.15) is 18.0 Å². The van der Waals surface area contributed by atoms with Crippen LogP contribution in [0.1, 0.15) is 17.5 Å². The van der Waals surface area contributed by atoms with E-state index in [1.807, 2.05) is 84.9 Å². The van der Waals surface area contributed by atoms with Crippen molar-refractivity contribution in [1.29, 1.82) is 0 Å². The van der Waals surface area contributed by atoms with Crippen LogP contribution in [-0.2, 0) is 41.8 Å². The van der Waals surface area contributed by atoms with Gasteiger partial charge in [-0.3, -0.25) is 14.5 Å². The maximum atomic E-state index is 14.0. The summed E-state index contributed by atoms with van der Waals surface area (Å²) in [6, 6.07) is 28.8. The Morgan fingerprint density at radius 3 is 1.90 bits per heavy atom. The molecule has 3 aromatic rings. The third kappa shape index (κ3) is 4.89. The van der Waals surface area contributed by atoms with Gasteiger partial charge in [-0.05, 0) is 35.8 Å². The second-order valence-electron chi connectivity index (χ2n) is 10.1. The molecule has 0 N–H and O–H groups in total. The van der Waals surface area contributed by atoms with Crippen LogP contribution >= 0.6 is 0 Å². The molecule has 0 radical (unpaired) electrons. The Hall–Kier alpha value is -3.78. The number of hydrogen-bond donors (Lipinski definition) is 0. The first kappa shape index (κ1) is 25.5. The lowest BCUT2D eigenvalue weighted by molar-refractivity contribution is -0.260. The van der Waals surface area contributed by atoms with Crippen molar-refractivity contribution in [3.05, 3.63) is 114 Å². The van der Waals surface area contributed by atoms with Crippen LogP contribution in [0.25, 0.3) is 0 Å².